The van der Waals surface area contributed by atoms with Crippen LogP contribution in [0.3, 0.4) is 0 Å². The molecule has 0 aromatic heterocycles. The Balaban J connectivity index is 0.000000128. The van der Waals surface area contributed by atoms with Crippen molar-refractivity contribution in [1.29, 1.82) is 0 Å². The number of nitrogens with zero attached hydrogens (tertiary/aromatic N) is 1. The molecule has 4 aliphatic heterocycles. The van der Waals surface area contributed by atoms with Crippen molar-refractivity contribution in [2.45, 2.75) is 38.5 Å². The fraction of sp³-hybridized carbons (Fsp3) is 0.0526. The van der Waals surface area contributed by atoms with Gasteiger partial charge in [0.1, 0.15) is 0 Å². The fourth-order valence-corrected chi connectivity index (χ4v) is 39.8. The van der Waals surface area contributed by atoms with E-state index in [1.54, 1.807) is 0 Å². The molecule has 24 rings (SSSR count). The van der Waals surface area contributed by atoms with Gasteiger partial charge in [0.25, 0.3) is 0 Å². The Kier molecular flexibility index (Phi) is 20.6. The normalized spacial score (nSPS) is 15.4. The molecule has 2 aliphatic carbocycles. The van der Waals surface area contributed by atoms with Crippen LogP contribution in [0.5, 0.6) is 0 Å². The van der Waals surface area contributed by atoms with Crippen LogP contribution in [-0.2, 0) is 10.8 Å². The summed E-state index contributed by atoms with van der Waals surface area (Å²) in [7, 11) is -6.94. The molecule has 6 aliphatic rings. The zero-order valence-electron chi connectivity index (χ0n) is 68.8. The van der Waals surface area contributed by atoms with E-state index in [0.29, 0.717) is 0 Å². The van der Waals surface area contributed by atoms with Gasteiger partial charge in [-0.05, 0) is 232 Å². The van der Waals surface area contributed by atoms with Crippen molar-refractivity contribution in [1.82, 2.24) is 0 Å². The van der Waals surface area contributed by atoms with Crippen molar-refractivity contribution >= 4 is 172 Å². The van der Waals surface area contributed by atoms with Gasteiger partial charge in [0.15, 0.2) is 16.1 Å². The van der Waals surface area contributed by atoms with Gasteiger partial charge in [0.05, 0.1) is 22.2 Å². The summed E-state index contributed by atoms with van der Waals surface area (Å²) in [5, 5.41) is 24.6. The van der Waals surface area contributed by atoms with Gasteiger partial charge in [-0.1, -0.05) is 422 Å². The van der Waals surface area contributed by atoms with E-state index in [2.05, 4.69) is 475 Å². The second kappa shape index (κ2) is 31.9. The topological polar surface area (TPSA) is 15.3 Å². The summed E-state index contributed by atoms with van der Waals surface area (Å²) in [6.45, 7) is 8.87. The van der Waals surface area contributed by atoms with Crippen LogP contribution in [-0.4, -0.2) is 16.1 Å². The van der Waals surface area contributed by atoms with Gasteiger partial charge in [0, 0.05) is 22.1 Å². The fourth-order valence-electron chi connectivity index (χ4n) is 21.6. The highest BCUT2D eigenvalue weighted by Crippen LogP contribution is 2.65. The number of benzene rings is 18. The Morgan fingerprint density at radius 1 is 0.252 bits per heavy atom. The largest absolute Gasteiger partial charge is 0.355 e. The molecule has 9 heteroatoms. The Hall–Kier alpha value is -12.2. The smallest absolute Gasteiger partial charge is 0.181 e. The first-order valence-electron chi connectivity index (χ1n) is 42.1. The van der Waals surface area contributed by atoms with Crippen molar-refractivity contribution in [3.05, 3.63) is 509 Å². The Bertz CT molecular complexity index is 6840. The first-order valence-corrected chi connectivity index (χ1v) is 49.1. The number of halogens is 1. The van der Waals surface area contributed by atoms with Crippen molar-refractivity contribution in [3.63, 3.8) is 0 Å². The summed E-state index contributed by atoms with van der Waals surface area (Å²) in [4.78, 5) is 2.60. The van der Waals surface area contributed by atoms with Crippen molar-refractivity contribution in [2.75, 3.05) is 10.2 Å². The molecule has 2 nitrogen and oxygen atoms in total. The number of aryl methyl sites for hydroxylation is 4. The predicted molar refractivity (Wildman–Crippen MR) is 542 cm³/mol. The molecule has 18 aromatic rings. The number of fused-ring (bicyclic) bond motifs is 22. The summed E-state index contributed by atoms with van der Waals surface area (Å²) in [5.41, 5.74) is 26.6. The van der Waals surface area contributed by atoms with E-state index in [4.69, 9.17) is 11.6 Å². The molecule has 0 radical (unpaired) electrons. The standard InChI is InChI=1S/C57H42NPSi.C30H22ClPSi.C27H21N.2H2S/c1-39-30-33-51-49(36-39)57(47-26-14-12-24-45(47)46-25-13-15-27-48(46)57)50-37-40(2)31-34-52(50)58(51)41-32-35-54-56(38-41)60(43-20-8-4-9-21-43,44-22-10-5-11-23-44)55-29-17-16-28-53(55)59(54)42-18-6-3-7-19-42;31-23-20-21-28-30(22-23)33(25-14-6-2-7-15-25,26-16-8-3-9-17-26)29-19-11-10-18-27(29)32(28)24-12-4-1-5-13-24;1-17-11-13-25-23(15-17)27(24-16-18(2)12-14-26(24)28-25)21-9-5-3-7-19(21)20-8-4-6-10-22(20)27;;/h3-38H,1-2H3;1-22H;3-16,28H,1-2H3;2*1H2. The van der Waals surface area contributed by atoms with E-state index >= 15 is 0 Å². The summed E-state index contributed by atoms with van der Waals surface area (Å²) in [6, 6.07) is 164. The highest BCUT2D eigenvalue weighted by atomic mass is 35.5. The number of nitrogens with one attached hydrogen (secondary N) is 1. The lowest BCUT2D eigenvalue weighted by atomic mass is 9.64. The maximum atomic E-state index is 6.73. The predicted octanol–water partition coefficient (Wildman–Crippen LogP) is 20.6. The lowest BCUT2D eigenvalue weighted by Crippen LogP contribution is -2.81. The maximum Gasteiger partial charge on any atom is 0.181 e. The first kappa shape index (κ1) is 79.3. The molecule has 2 unspecified atom stereocenters. The van der Waals surface area contributed by atoms with Crippen molar-refractivity contribution in [2.24, 2.45) is 0 Å². The van der Waals surface area contributed by atoms with Crippen LogP contribution in [0.25, 0.3) is 22.3 Å². The van der Waals surface area contributed by atoms with Gasteiger partial charge >= 0.3 is 0 Å². The molecule has 123 heavy (non-hydrogen) atoms. The zero-order chi connectivity index (χ0) is 81.1. The average Bonchev–Trinajstić information content (AvgIpc) is 1.21. The third kappa shape index (κ3) is 12.2. The van der Waals surface area contributed by atoms with Crippen LogP contribution in [0.1, 0.15) is 66.8 Å². The van der Waals surface area contributed by atoms with Crippen molar-refractivity contribution < 1.29 is 0 Å². The minimum absolute atomic E-state index is 0. The Morgan fingerprint density at radius 3 is 0.927 bits per heavy atom. The summed E-state index contributed by atoms with van der Waals surface area (Å²) < 4.78 is 0. The van der Waals surface area contributed by atoms with Gasteiger partial charge in [-0.2, -0.15) is 27.0 Å². The second-order valence-electron chi connectivity index (χ2n) is 33.0. The van der Waals surface area contributed by atoms with E-state index in [-0.39, 0.29) is 32.4 Å². The monoisotopic (exact) mass is 1700 g/mol. The highest BCUT2D eigenvalue weighted by Gasteiger charge is 2.56. The van der Waals surface area contributed by atoms with Gasteiger partial charge < -0.3 is 10.2 Å². The summed E-state index contributed by atoms with van der Waals surface area (Å²) in [5.74, 6) is 0. The average molecular weight is 1700 g/mol. The number of hydrogen-bond donors (Lipinski definition) is 1. The molecule has 0 saturated carbocycles. The van der Waals surface area contributed by atoms with Crippen molar-refractivity contribution in [3.8, 4) is 22.3 Å². The third-order valence-corrected chi connectivity index (χ3v) is 42.3. The zero-order valence-corrected chi connectivity index (χ0v) is 75.3. The molecule has 0 bridgehead atoms. The second-order valence-corrected chi connectivity index (χ2v) is 45.2. The van der Waals surface area contributed by atoms with E-state index in [9.17, 15) is 0 Å². The maximum absolute atomic E-state index is 6.73. The molecule has 0 fully saturated rings. The van der Waals surface area contributed by atoms with E-state index in [1.165, 1.54) is 191 Å². The summed E-state index contributed by atoms with van der Waals surface area (Å²) in [6.07, 6.45) is 0. The highest BCUT2D eigenvalue weighted by molar-refractivity contribution is 7.82. The molecule has 2 spiro atoms. The molecular formula is C114H89ClN2P2S2Si2. The molecule has 1 N–H and O–H groups in total. The molecule has 2 atom stereocenters. The lowest BCUT2D eigenvalue weighted by molar-refractivity contribution is 0.750. The number of anilines is 5. The molecular weight excluding hydrogens is 1610 g/mol. The van der Waals surface area contributed by atoms with Gasteiger partial charge in [-0.15, -0.1) is 0 Å². The molecule has 0 saturated heterocycles. The number of rotatable bonds is 7. The quantitative estimate of drug-likeness (QED) is 0.126. The number of hydrogen-bond acceptors (Lipinski definition) is 2. The van der Waals surface area contributed by atoms with Crippen LogP contribution in [0.15, 0.2) is 437 Å². The molecule has 18 aromatic carbocycles. The van der Waals surface area contributed by atoms with E-state index in [1.807, 2.05) is 0 Å². The van der Waals surface area contributed by atoms with Gasteiger partial charge in [0.2, 0.25) is 0 Å². The minimum Gasteiger partial charge on any atom is -0.355 e. The molecule has 0 amide bonds. The Morgan fingerprint density at radius 2 is 0.545 bits per heavy atom. The van der Waals surface area contributed by atoms with Gasteiger partial charge in [-0.25, -0.2) is 0 Å². The molecule has 4 heterocycles. The third-order valence-electron chi connectivity index (χ3n) is 26.4. The SMILES string of the molecule is Cc1ccc2c(c1)C1(c3cc(C)ccc3N2)c2ccccc2-c2ccccc21.Cc1ccc2c(c1)C1(c3ccccc3-c3ccccc31)c1cc(C)ccc1N2c1ccc2c(c1)[Si](c1ccccc1)(c1ccccc1)c1ccccc1P2c1ccccc1.Clc1ccc2c(c1)[Si](c1ccccc1)(c1ccccc1)c1ccccc1P2c1ccccc1.S.S. The van der Waals surface area contributed by atoms with E-state index in [0.717, 1.165) is 5.02 Å². The van der Waals surface area contributed by atoms with Crippen LogP contribution in [0.4, 0.5) is 28.4 Å². The first-order chi connectivity index (χ1) is 59.6. The minimum atomic E-state index is -2.88. The summed E-state index contributed by atoms with van der Waals surface area (Å²) >= 11 is 6.73. The Labute approximate surface area is 745 Å². The van der Waals surface area contributed by atoms with Crippen LogP contribution in [0.2, 0.25) is 5.02 Å². The molecule has 592 valence electrons. The lowest BCUT2D eigenvalue weighted by Gasteiger charge is -2.46. The van der Waals surface area contributed by atoms with Gasteiger partial charge in [-0.3, -0.25) is 0 Å². The van der Waals surface area contributed by atoms with Crippen LogP contribution < -0.4 is 83.5 Å². The van der Waals surface area contributed by atoms with Crippen LogP contribution in [0, 0.1) is 27.7 Å². The van der Waals surface area contributed by atoms with E-state index < -0.39 is 37.4 Å². The van der Waals surface area contributed by atoms with Crippen LogP contribution >= 0.6 is 54.4 Å².